The average molecular weight is 316 g/mol. The Bertz CT molecular complexity index is 671. The average Bonchev–Trinajstić information content (AvgIpc) is 2.85. The summed E-state index contributed by atoms with van der Waals surface area (Å²) in [6.45, 7) is 10.1. The molecule has 1 N–H and O–H groups in total. The van der Waals surface area contributed by atoms with E-state index in [-0.39, 0.29) is 18.6 Å². The number of amides is 1. The highest BCUT2D eigenvalue weighted by Gasteiger charge is 2.21. The summed E-state index contributed by atoms with van der Waals surface area (Å²) in [5.74, 6) is 1.15. The maximum Gasteiger partial charge on any atom is 0.274 e. The van der Waals surface area contributed by atoms with Crippen molar-refractivity contribution in [3.8, 4) is 5.75 Å². The standard InChI is InChI=1S/C18H24N2O3/c1-6-13(4)19-18(21)17-16(14(5)23-20-17)10-22-15-8-11(2)7-12(3)9-15/h7-9,13H,6,10H2,1-5H3,(H,19,21). The van der Waals surface area contributed by atoms with Gasteiger partial charge in [-0.15, -0.1) is 0 Å². The van der Waals surface area contributed by atoms with Crippen LogP contribution in [0.2, 0.25) is 0 Å². The first-order chi connectivity index (χ1) is 10.9. The number of aromatic nitrogens is 1. The number of hydrogen-bond acceptors (Lipinski definition) is 4. The Balaban J connectivity index is 2.13. The summed E-state index contributed by atoms with van der Waals surface area (Å²) in [5.41, 5.74) is 3.26. The number of carbonyl (C=O) groups is 1. The highest BCUT2D eigenvalue weighted by molar-refractivity contribution is 5.93. The summed E-state index contributed by atoms with van der Waals surface area (Å²) in [4.78, 5) is 12.3. The normalized spacial score (nSPS) is 12.0. The van der Waals surface area contributed by atoms with Gasteiger partial charge in [0, 0.05) is 6.04 Å². The van der Waals surface area contributed by atoms with Crippen LogP contribution in [-0.2, 0) is 6.61 Å². The van der Waals surface area contributed by atoms with Gasteiger partial charge in [-0.25, -0.2) is 0 Å². The molecule has 0 radical (unpaired) electrons. The van der Waals surface area contributed by atoms with E-state index in [0.29, 0.717) is 17.0 Å². The summed E-state index contributed by atoms with van der Waals surface area (Å²) < 4.78 is 11.0. The second kappa shape index (κ2) is 7.31. The molecule has 0 aliphatic heterocycles. The van der Waals surface area contributed by atoms with Gasteiger partial charge in [0.1, 0.15) is 18.1 Å². The van der Waals surface area contributed by atoms with Crippen LogP contribution in [0.15, 0.2) is 22.7 Å². The smallest absolute Gasteiger partial charge is 0.274 e. The van der Waals surface area contributed by atoms with E-state index >= 15 is 0 Å². The summed E-state index contributed by atoms with van der Waals surface area (Å²) >= 11 is 0. The molecular formula is C18H24N2O3. The number of nitrogens with zero attached hydrogens (tertiary/aromatic N) is 1. The molecule has 124 valence electrons. The lowest BCUT2D eigenvalue weighted by Gasteiger charge is -2.11. The molecule has 5 heteroatoms. The Hall–Kier alpha value is -2.30. The number of ether oxygens (including phenoxy) is 1. The molecule has 0 aliphatic rings. The van der Waals surface area contributed by atoms with E-state index in [4.69, 9.17) is 9.26 Å². The molecule has 1 amide bonds. The summed E-state index contributed by atoms with van der Waals surface area (Å²) in [7, 11) is 0. The highest BCUT2D eigenvalue weighted by Crippen LogP contribution is 2.20. The van der Waals surface area contributed by atoms with E-state index in [0.717, 1.165) is 23.3 Å². The van der Waals surface area contributed by atoms with E-state index in [9.17, 15) is 4.79 Å². The van der Waals surface area contributed by atoms with E-state index in [1.54, 1.807) is 6.92 Å². The van der Waals surface area contributed by atoms with Gasteiger partial charge in [0.15, 0.2) is 5.69 Å². The van der Waals surface area contributed by atoms with Crippen molar-refractivity contribution in [3.63, 3.8) is 0 Å². The van der Waals surface area contributed by atoms with Crippen LogP contribution in [0.5, 0.6) is 5.75 Å². The number of benzene rings is 1. The van der Waals surface area contributed by atoms with Crippen molar-refractivity contribution in [2.45, 2.75) is 53.7 Å². The molecule has 23 heavy (non-hydrogen) atoms. The third kappa shape index (κ3) is 4.34. The number of rotatable bonds is 6. The quantitative estimate of drug-likeness (QED) is 0.882. The lowest BCUT2D eigenvalue weighted by molar-refractivity contribution is 0.0928. The minimum atomic E-state index is -0.227. The van der Waals surface area contributed by atoms with Crippen LogP contribution in [0.3, 0.4) is 0 Å². The van der Waals surface area contributed by atoms with E-state index in [2.05, 4.69) is 16.5 Å². The summed E-state index contributed by atoms with van der Waals surface area (Å²) in [6, 6.07) is 6.11. The monoisotopic (exact) mass is 316 g/mol. The molecule has 2 rings (SSSR count). The molecule has 0 bridgehead atoms. The second-order valence-corrected chi connectivity index (χ2v) is 5.96. The first-order valence-electron chi connectivity index (χ1n) is 7.87. The fraction of sp³-hybridized carbons (Fsp3) is 0.444. The SMILES string of the molecule is CCC(C)NC(=O)c1noc(C)c1COc1cc(C)cc(C)c1. The maximum absolute atomic E-state index is 12.3. The first-order valence-corrected chi connectivity index (χ1v) is 7.87. The molecule has 1 aromatic heterocycles. The molecule has 2 aromatic rings. The van der Waals surface area contributed by atoms with Crippen LogP contribution in [0.25, 0.3) is 0 Å². The summed E-state index contributed by atoms with van der Waals surface area (Å²) in [6.07, 6.45) is 0.858. The molecule has 0 fully saturated rings. The van der Waals surface area contributed by atoms with Crippen molar-refractivity contribution >= 4 is 5.91 Å². The predicted octanol–water partition coefficient (Wildman–Crippen LogP) is 3.71. The Kier molecular flexibility index (Phi) is 5.42. The predicted molar refractivity (Wildman–Crippen MR) is 88.7 cm³/mol. The Labute approximate surface area is 137 Å². The van der Waals surface area contributed by atoms with Crippen LogP contribution in [-0.4, -0.2) is 17.1 Å². The van der Waals surface area contributed by atoms with Gasteiger partial charge in [-0.1, -0.05) is 18.1 Å². The van der Waals surface area contributed by atoms with E-state index < -0.39 is 0 Å². The lowest BCUT2D eigenvalue weighted by atomic mass is 10.1. The third-order valence-corrected chi connectivity index (χ3v) is 3.77. The molecule has 1 unspecified atom stereocenters. The highest BCUT2D eigenvalue weighted by atomic mass is 16.5. The van der Waals surface area contributed by atoms with Crippen molar-refractivity contribution in [1.29, 1.82) is 0 Å². The summed E-state index contributed by atoms with van der Waals surface area (Å²) in [5, 5.41) is 6.78. The van der Waals surface area contributed by atoms with E-state index in [1.807, 2.05) is 39.8 Å². The van der Waals surface area contributed by atoms with Crippen molar-refractivity contribution in [2.75, 3.05) is 0 Å². The molecule has 1 atom stereocenters. The first kappa shape index (κ1) is 17.1. The molecule has 1 heterocycles. The second-order valence-electron chi connectivity index (χ2n) is 5.96. The molecular weight excluding hydrogens is 292 g/mol. The zero-order chi connectivity index (χ0) is 17.0. The van der Waals surface area contributed by atoms with Gasteiger partial charge in [0.05, 0.1) is 5.56 Å². The van der Waals surface area contributed by atoms with E-state index in [1.165, 1.54) is 0 Å². The minimum Gasteiger partial charge on any atom is -0.489 e. The van der Waals surface area contributed by atoms with Crippen LogP contribution >= 0.6 is 0 Å². The third-order valence-electron chi connectivity index (χ3n) is 3.77. The Morgan fingerprint density at radius 1 is 1.26 bits per heavy atom. The number of hydrogen-bond donors (Lipinski definition) is 1. The molecule has 0 saturated heterocycles. The van der Waals surface area contributed by atoms with Crippen LogP contribution in [0, 0.1) is 20.8 Å². The van der Waals surface area contributed by atoms with Crippen molar-refractivity contribution in [3.05, 3.63) is 46.3 Å². The Morgan fingerprint density at radius 3 is 2.52 bits per heavy atom. The molecule has 0 spiro atoms. The number of carbonyl (C=O) groups excluding carboxylic acids is 1. The van der Waals surface area contributed by atoms with Crippen molar-refractivity contribution in [1.82, 2.24) is 10.5 Å². The van der Waals surface area contributed by atoms with Crippen LogP contribution in [0.4, 0.5) is 0 Å². The minimum absolute atomic E-state index is 0.0905. The fourth-order valence-corrected chi connectivity index (χ4v) is 2.31. The van der Waals surface area contributed by atoms with Gasteiger partial charge in [-0.05, 0) is 57.4 Å². The fourth-order valence-electron chi connectivity index (χ4n) is 2.31. The van der Waals surface area contributed by atoms with Gasteiger partial charge in [-0.2, -0.15) is 0 Å². The maximum atomic E-state index is 12.3. The zero-order valence-electron chi connectivity index (χ0n) is 14.4. The van der Waals surface area contributed by atoms with Gasteiger partial charge >= 0.3 is 0 Å². The topological polar surface area (TPSA) is 64.4 Å². The number of nitrogens with one attached hydrogen (secondary N) is 1. The van der Waals surface area contributed by atoms with Crippen LogP contribution < -0.4 is 10.1 Å². The largest absolute Gasteiger partial charge is 0.489 e. The molecule has 1 aromatic carbocycles. The Morgan fingerprint density at radius 2 is 1.91 bits per heavy atom. The van der Waals surface area contributed by atoms with Crippen LogP contribution in [0.1, 0.15) is 53.2 Å². The number of aryl methyl sites for hydroxylation is 3. The van der Waals surface area contributed by atoms with Crippen molar-refractivity contribution < 1.29 is 14.1 Å². The van der Waals surface area contributed by atoms with Gasteiger partial charge < -0.3 is 14.6 Å². The van der Waals surface area contributed by atoms with Gasteiger partial charge in [0.25, 0.3) is 5.91 Å². The molecule has 0 saturated carbocycles. The molecule has 0 aliphatic carbocycles. The van der Waals surface area contributed by atoms with Crippen molar-refractivity contribution in [2.24, 2.45) is 0 Å². The zero-order valence-corrected chi connectivity index (χ0v) is 14.4. The lowest BCUT2D eigenvalue weighted by Crippen LogP contribution is -2.32. The van der Waals surface area contributed by atoms with Gasteiger partial charge in [0.2, 0.25) is 0 Å². The van der Waals surface area contributed by atoms with Gasteiger partial charge in [-0.3, -0.25) is 4.79 Å². The molecule has 5 nitrogen and oxygen atoms in total.